The summed E-state index contributed by atoms with van der Waals surface area (Å²) in [5.41, 5.74) is 0.828. The summed E-state index contributed by atoms with van der Waals surface area (Å²) in [5, 5.41) is 0.654. The van der Waals surface area contributed by atoms with Crippen molar-refractivity contribution in [2.24, 2.45) is 0 Å². The van der Waals surface area contributed by atoms with E-state index >= 15 is 0 Å². The van der Waals surface area contributed by atoms with Crippen molar-refractivity contribution in [1.29, 1.82) is 0 Å². The maximum atomic E-state index is 12.6. The van der Waals surface area contributed by atoms with Crippen LogP contribution in [0.2, 0.25) is 0 Å². The van der Waals surface area contributed by atoms with Gasteiger partial charge in [0.25, 0.3) is 5.91 Å². The molecule has 28 heavy (non-hydrogen) atoms. The Morgan fingerprint density at radius 1 is 1.25 bits per heavy atom. The van der Waals surface area contributed by atoms with E-state index in [0.717, 1.165) is 43.5 Å². The van der Waals surface area contributed by atoms with Gasteiger partial charge < -0.3 is 23.9 Å². The van der Waals surface area contributed by atoms with Crippen molar-refractivity contribution < 1.29 is 13.9 Å². The third-order valence-electron chi connectivity index (χ3n) is 4.50. The van der Waals surface area contributed by atoms with Gasteiger partial charge in [0, 0.05) is 53.5 Å². The maximum absolute atomic E-state index is 12.6. The highest BCUT2D eigenvalue weighted by Gasteiger charge is 2.23. The second-order valence-electron chi connectivity index (χ2n) is 6.98. The van der Waals surface area contributed by atoms with Gasteiger partial charge in [-0.05, 0) is 19.2 Å². The Bertz CT molecular complexity index is 803. The lowest BCUT2D eigenvalue weighted by Crippen LogP contribution is -2.47. The van der Waals surface area contributed by atoms with Crippen molar-refractivity contribution in [3.05, 3.63) is 35.4 Å². The van der Waals surface area contributed by atoms with Gasteiger partial charge in [-0.2, -0.15) is 0 Å². The molecule has 0 saturated carbocycles. The molecule has 8 nitrogen and oxygen atoms in total. The summed E-state index contributed by atoms with van der Waals surface area (Å²) in [4.78, 5) is 27.7. The Morgan fingerprint density at radius 3 is 2.68 bits per heavy atom. The molecule has 1 fully saturated rings. The number of piperazine rings is 1. The smallest absolute Gasteiger partial charge is 0.289 e. The van der Waals surface area contributed by atoms with E-state index in [1.807, 2.05) is 36.0 Å². The molecule has 3 rings (SSSR count). The fraction of sp³-hybridized carbons (Fsp3) is 0.526. The number of carbonyl (C=O) groups excluding carboxylic acids is 1. The summed E-state index contributed by atoms with van der Waals surface area (Å²) >= 11 is 1.48. The average molecular weight is 406 g/mol. The van der Waals surface area contributed by atoms with Gasteiger partial charge in [-0.25, -0.2) is 9.97 Å². The predicted molar refractivity (Wildman–Crippen MR) is 109 cm³/mol. The molecule has 3 heterocycles. The highest BCUT2D eigenvalue weighted by atomic mass is 32.2. The lowest BCUT2D eigenvalue weighted by molar-refractivity contribution is 0.0631. The highest BCUT2D eigenvalue weighted by molar-refractivity contribution is 7.98. The van der Waals surface area contributed by atoms with Gasteiger partial charge in [-0.3, -0.25) is 4.79 Å². The van der Waals surface area contributed by atoms with Crippen LogP contribution in [0.25, 0.3) is 0 Å². The zero-order valence-electron chi connectivity index (χ0n) is 16.8. The number of hydrogen-bond acceptors (Lipinski definition) is 8. The molecule has 0 spiro atoms. The fourth-order valence-electron chi connectivity index (χ4n) is 2.85. The van der Waals surface area contributed by atoms with Crippen molar-refractivity contribution in [3.8, 4) is 0 Å². The number of furan rings is 1. The summed E-state index contributed by atoms with van der Waals surface area (Å²) in [6, 6.07) is 5.51. The first-order chi connectivity index (χ1) is 13.5. The zero-order chi connectivity index (χ0) is 20.1. The Labute approximate surface area is 169 Å². The molecular weight excluding hydrogens is 378 g/mol. The number of likely N-dealkylation sites (N-methyl/N-ethyl adjacent to an activating group) is 1. The highest BCUT2D eigenvalue weighted by Crippen LogP contribution is 2.24. The Balaban J connectivity index is 1.63. The number of carbonyl (C=O) groups is 1. The SMILES string of the molecule is COCc1cc(N(C)C)nc(SCc2ccc(C(=O)N3CCN(C)CC3)o2)n1. The number of amides is 1. The Hall–Kier alpha value is -2.10. The topological polar surface area (TPSA) is 74.9 Å². The quantitative estimate of drug-likeness (QED) is 0.511. The molecule has 1 aliphatic rings. The van der Waals surface area contributed by atoms with Crippen LogP contribution in [0.3, 0.4) is 0 Å². The lowest BCUT2D eigenvalue weighted by atomic mass is 10.3. The second-order valence-corrected chi connectivity index (χ2v) is 7.92. The van der Waals surface area contributed by atoms with Crippen LogP contribution in [0.15, 0.2) is 27.8 Å². The fourth-order valence-corrected chi connectivity index (χ4v) is 3.61. The van der Waals surface area contributed by atoms with Crippen LogP contribution >= 0.6 is 11.8 Å². The first kappa shape index (κ1) is 20.6. The van der Waals surface area contributed by atoms with E-state index in [0.29, 0.717) is 23.3 Å². The van der Waals surface area contributed by atoms with Gasteiger partial charge in [0.05, 0.1) is 18.1 Å². The number of ether oxygens (including phenoxy) is 1. The standard InChI is InChI=1S/C19H27N5O3S/c1-22(2)17-11-14(12-26-4)20-19(21-17)28-13-15-5-6-16(27-15)18(25)24-9-7-23(3)8-10-24/h5-6,11H,7-10,12-13H2,1-4H3. The normalized spacial score (nSPS) is 15.1. The number of aromatic nitrogens is 2. The Kier molecular flexibility index (Phi) is 6.93. The molecule has 0 aromatic carbocycles. The maximum Gasteiger partial charge on any atom is 0.289 e. The molecule has 1 saturated heterocycles. The predicted octanol–water partition coefficient (Wildman–Crippen LogP) is 1.96. The Morgan fingerprint density at radius 2 is 2.00 bits per heavy atom. The number of anilines is 1. The lowest BCUT2D eigenvalue weighted by Gasteiger charge is -2.31. The van der Waals surface area contributed by atoms with Crippen molar-refractivity contribution >= 4 is 23.5 Å². The first-order valence-corrected chi connectivity index (χ1v) is 10.2. The molecule has 0 unspecified atom stereocenters. The molecule has 9 heteroatoms. The molecule has 0 aliphatic carbocycles. The van der Waals surface area contributed by atoms with Gasteiger partial charge in [0.2, 0.25) is 0 Å². The van der Waals surface area contributed by atoms with E-state index in [2.05, 4.69) is 21.9 Å². The summed E-state index contributed by atoms with van der Waals surface area (Å²) < 4.78 is 11.0. The zero-order valence-corrected chi connectivity index (χ0v) is 17.7. The van der Waals surface area contributed by atoms with Crippen LogP contribution in [0, 0.1) is 0 Å². The summed E-state index contributed by atoms with van der Waals surface area (Å²) in [6.45, 7) is 3.67. The van der Waals surface area contributed by atoms with Crippen molar-refractivity contribution in [2.45, 2.75) is 17.5 Å². The monoisotopic (exact) mass is 405 g/mol. The molecule has 0 bridgehead atoms. The molecule has 1 aliphatic heterocycles. The van der Waals surface area contributed by atoms with Crippen LogP contribution in [0.5, 0.6) is 0 Å². The van der Waals surface area contributed by atoms with Crippen LogP contribution < -0.4 is 4.90 Å². The minimum absolute atomic E-state index is 0.0439. The van der Waals surface area contributed by atoms with E-state index in [1.165, 1.54) is 11.8 Å². The van der Waals surface area contributed by atoms with Gasteiger partial charge in [-0.15, -0.1) is 0 Å². The van der Waals surface area contributed by atoms with Gasteiger partial charge in [0.1, 0.15) is 11.6 Å². The third kappa shape index (κ3) is 5.24. The average Bonchev–Trinajstić information content (AvgIpc) is 3.15. The third-order valence-corrected chi connectivity index (χ3v) is 5.37. The molecule has 0 N–H and O–H groups in total. The molecule has 0 atom stereocenters. The van der Waals surface area contributed by atoms with Crippen molar-refractivity contribution in [1.82, 2.24) is 19.8 Å². The molecule has 2 aromatic heterocycles. The number of nitrogens with zero attached hydrogens (tertiary/aromatic N) is 5. The van der Waals surface area contributed by atoms with Crippen LogP contribution in [-0.4, -0.2) is 80.1 Å². The van der Waals surface area contributed by atoms with Crippen LogP contribution in [-0.2, 0) is 17.1 Å². The van der Waals surface area contributed by atoms with Crippen LogP contribution in [0.1, 0.15) is 22.0 Å². The molecule has 2 aromatic rings. The minimum Gasteiger partial charge on any atom is -0.455 e. The second kappa shape index (κ2) is 9.40. The first-order valence-electron chi connectivity index (χ1n) is 9.20. The van der Waals surface area contributed by atoms with E-state index in [4.69, 9.17) is 9.15 Å². The summed E-state index contributed by atoms with van der Waals surface area (Å²) in [7, 11) is 7.59. The largest absolute Gasteiger partial charge is 0.455 e. The molecule has 152 valence electrons. The molecule has 0 radical (unpaired) electrons. The molecular formula is C19H27N5O3S. The van der Waals surface area contributed by atoms with Gasteiger partial charge >= 0.3 is 0 Å². The van der Waals surface area contributed by atoms with E-state index in [-0.39, 0.29) is 5.91 Å². The van der Waals surface area contributed by atoms with Crippen molar-refractivity contribution in [3.63, 3.8) is 0 Å². The summed E-state index contributed by atoms with van der Waals surface area (Å²) in [5.74, 6) is 2.46. The van der Waals surface area contributed by atoms with Gasteiger partial charge in [0.15, 0.2) is 10.9 Å². The van der Waals surface area contributed by atoms with Crippen LogP contribution in [0.4, 0.5) is 5.82 Å². The minimum atomic E-state index is -0.0439. The number of hydrogen-bond donors (Lipinski definition) is 0. The van der Waals surface area contributed by atoms with E-state index in [9.17, 15) is 4.79 Å². The number of rotatable bonds is 7. The number of thioether (sulfide) groups is 1. The van der Waals surface area contributed by atoms with E-state index in [1.54, 1.807) is 13.2 Å². The van der Waals surface area contributed by atoms with E-state index < -0.39 is 0 Å². The van der Waals surface area contributed by atoms with Gasteiger partial charge in [-0.1, -0.05) is 11.8 Å². The van der Waals surface area contributed by atoms with Crippen molar-refractivity contribution in [2.75, 3.05) is 59.3 Å². The molecule has 1 amide bonds. The number of methoxy groups -OCH3 is 1. The summed E-state index contributed by atoms with van der Waals surface area (Å²) in [6.07, 6.45) is 0.